The first-order chi connectivity index (χ1) is 7.31. The van der Waals surface area contributed by atoms with E-state index in [4.69, 9.17) is 5.53 Å². The lowest BCUT2D eigenvalue weighted by Crippen LogP contribution is -1.86. The second-order valence-electron chi connectivity index (χ2n) is 3.08. The van der Waals surface area contributed by atoms with Gasteiger partial charge in [0.1, 0.15) is 0 Å². The Kier molecular flexibility index (Phi) is 2.71. The fourth-order valence-corrected chi connectivity index (χ4v) is 2.04. The molecule has 15 heavy (non-hydrogen) atoms. The summed E-state index contributed by atoms with van der Waals surface area (Å²) >= 11 is 1.62. The second-order valence-corrected chi connectivity index (χ2v) is 3.86. The monoisotopic (exact) mass is 219 g/mol. The van der Waals surface area contributed by atoms with Crippen LogP contribution in [0.2, 0.25) is 0 Å². The van der Waals surface area contributed by atoms with Crippen molar-refractivity contribution in [2.24, 2.45) is 12.2 Å². The predicted molar refractivity (Wildman–Crippen MR) is 59.4 cm³/mol. The van der Waals surface area contributed by atoms with Crippen LogP contribution in [0.1, 0.15) is 5.56 Å². The lowest BCUT2D eigenvalue weighted by molar-refractivity contribution is 0.769. The van der Waals surface area contributed by atoms with Crippen LogP contribution in [0.15, 0.2) is 28.1 Å². The minimum Gasteiger partial charge on any atom is -0.275 e. The molecule has 2 heterocycles. The Labute approximate surface area is 90.6 Å². The van der Waals surface area contributed by atoms with Gasteiger partial charge in [0.15, 0.2) is 0 Å². The molecule has 0 N–H and O–H groups in total. The average Bonchev–Trinajstić information content (AvgIpc) is 2.83. The average molecular weight is 219 g/mol. The highest BCUT2D eigenvalue weighted by atomic mass is 32.1. The van der Waals surface area contributed by atoms with Gasteiger partial charge in [0.05, 0.1) is 12.2 Å². The number of aromatic nitrogens is 2. The van der Waals surface area contributed by atoms with Crippen LogP contribution < -0.4 is 0 Å². The third-order valence-corrected chi connectivity index (χ3v) is 2.69. The summed E-state index contributed by atoms with van der Waals surface area (Å²) in [7, 11) is 1.86. The van der Waals surface area contributed by atoms with Crippen LogP contribution in [0.3, 0.4) is 0 Å². The molecule has 0 spiro atoms. The first-order valence-corrected chi connectivity index (χ1v) is 5.31. The largest absolute Gasteiger partial charge is 0.275 e. The van der Waals surface area contributed by atoms with E-state index >= 15 is 0 Å². The molecule has 0 aromatic carbocycles. The molecule has 2 aromatic heterocycles. The Hall–Kier alpha value is -1.78. The van der Waals surface area contributed by atoms with E-state index in [-0.39, 0.29) is 0 Å². The van der Waals surface area contributed by atoms with Gasteiger partial charge in [-0.2, -0.15) is 16.4 Å². The van der Waals surface area contributed by atoms with Crippen LogP contribution in [0.25, 0.3) is 21.7 Å². The van der Waals surface area contributed by atoms with Gasteiger partial charge in [-0.15, -0.1) is 0 Å². The zero-order valence-electron chi connectivity index (χ0n) is 8.16. The molecule has 0 aliphatic carbocycles. The van der Waals surface area contributed by atoms with Gasteiger partial charge in [0.25, 0.3) is 0 Å². The van der Waals surface area contributed by atoms with Crippen LogP contribution in [-0.4, -0.2) is 9.78 Å². The molecule has 0 amide bonds. The molecule has 76 valence electrons. The number of azide groups is 1. The molecule has 0 bridgehead atoms. The van der Waals surface area contributed by atoms with E-state index in [9.17, 15) is 0 Å². The number of hydrogen-bond donors (Lipinski definition) is 0. The maximum Gasteiger partial charge on any atom is 0.0964 e. The van der Waals surface area contributed by atoms with Gasteiger partial charge in [0, 0.05) is 34.7 Å². The molecule has 0 radical (unpaired) electrons. The SMILES string of the molecule is Cn1cc(CN=[N+]=[N-])c(-c2ccsc2)n1. The summed E-state index contributed by atoms with van der Waals surface area (Å²) in [6, 6.07) is 2.01. The van der Waals surface area contributed by atoms with E-state index in [0.717, 1.165) is 16.8 Å². The number of thiophene rings is 1. The van der Waals surface area contributed by atoms with Gasteiger partial charge in [-0.3, -0.25) is 4.68 Å². The first-order valence-electron chi connectivity index (χ1n) is 4.37. The lowest BCUT2D eigenvalue weighted by atomic mass is 10.1. The van der Waals surface area contributed by atoms with Crippen LogP contribution >= 0.6 is 11.3 Å². The predicted octanol–water partition coefficient (Wildman–Crippen LogP) is 2.96. The summed E-state index contributed by atoms with van der Waals surface area (Å²) in [5.41, 5.74) is 11.2. The summed E-state index contributed by atoms with van der Waals surface area (Å²) < 4.78 is 1.73. The number of rotatable bonds is 3. The van der Waals surface area contributed by atoms with Crippen molar-refractivity contribution >= 4 is 11.3 Å². The zero-order valence-corrected chi connectivity index (χ0v) is 8.98. The number of hydrogen-bond acceptors (Lipinski definition) is 3. The molecule has 0 saturated carbocycles. The Bertz CT molecular complexity index is 493. The van der Waals surface area contributed by atoms with E-state index in [0.29, 0.717) is 6.54 Å². The first kappa shape index (κ1) is 9.76. The topological polar surface area (TPSA) is 66.6 Å². The highest BCUT2D eigenvalue weighted by molar-refractivity contribution is 7.08. The zero-order chi connectivity index (χ0) is 10.7. The molecule has 0 atom stereocenters. The van der Waals surface area contributed by atoms with Crippen LogP contribution in [-0.2, 0) is 13.6 Å². The van der Waals surface area contributed by atoms with Crippen molar-refractivity contribution in [1.29, 1.82) is 0 Å². The second kappa shape index (κ2) is 4.16. The Morgan fingerprint density at radius 3 is 3.20 bits per heavy atom. The fraction of sp³-hybridized carbons (Fsp3) is 0.222. The molecule has 2 aromatic rings. The summed E-state index contributed by atoms with van der Waals surface area (Å²) in [6.45, 7) is 0.343. The molecule has 0 aliphatic heterocycles. The van der Waals surface area contributed by atoms with Crippen molar-refractivity contribution in [3.63, 3.8) is 0 Å². The van der Waals surface area contributed by atoms with Gasteiger partial charge < -0.3 is 0 Å². The Balaban J connectivity index is 2.42. The molecule has 0 aliphatic rings. The van der Waals surface area contributed by atoms with E-state index in [1.807, 2.05) is 30.1 Å². The lowest BCUT2D eigenvalue weighted by Gasteiger charge is -1.94. The maximum atomic E-state index is 8.29. The van der Waals surface area contributed by atoms with Crippen molar-refractivity contribution in [2.75, 3.05) is 0 Å². The van der Waals surface area contributed by atoms with Crippen LogP contribution in [0, 0.1) is 0 Å². The molecule has 0 unspecified atom stereocenters. The van der Waals surface area contributed by atoms with Gasteiger partial charge in [0.2, 0.25) is 0 Å². The van der Waals surface area contributed by atoms with Crippen molar-refractivity contribution in [2.45, 2.75) is 6.54 Å². The van der Waals surface area contributed by atoms with Crippen LogP contribution in [0.5, 0.6) is 0 Å². The van der Waals surface area contributed by atoms with Gasteiger partial charge >= 0.3 is 0 Å². The Morgan fingerprint density at radius 1 is 1.67 bits per heavy atom. The maximum absolute atomic E-state index is 8.29. The van der Waals surface area contributed by atoms with Crippen molar-refractivity contribution in [1.82, 2.24) is 9.78 Å². The molecule has 0 saturated heterocycles. The molecule has 0 fully saturated rings. The number of nitrogens with zero attached hydrogens (tertiary/aromatic N) is 5. The highest BCUT2D eigenvalue weighted by Gasteiger charge is 2.09. The normalized spacial score (nSPS) is 9.93. The van der Waals surface area contributed by atoms with Crippen molar-refractivity contribution in [3.05, 3.63) is 39.0 Å². The molecule has 2 rings (SSSR count). The van der Waals surface area contributed by atoms with Crippen molar-refractivity contribution < 1.29 is 0 Å². The van der Waals surface area contributed by atoms with E-state index in [2.05, 4.69) is 15.1 Å². The number of aryl methyl sites for hydroxylation is 1. The molecular weight excluding hydrogens is 210 g/mol. The van der Waals surface area contributed by atoms with E-state index in [1.165, 1.54) is 0 Å². The summed E-state index contributed by atoms with van der Waals surface area (Å²) in [5.74, 6) is 0. The quantitative estimate of drug-likeness (QED) is 0.444. The standard InChI is InChI=1S/C9H9N5S/c1-14-5-8(4-11-13-10)9(12-14)7-2-3-15-6-7/h2-3,5-6H,4H2,1H3. The van der Waals surface area contributed by atoms with Crippen LogP contribution in [0.4, 0.5) is 0 Å². The third kappa shape index (κ3) is 2.01. The highest BCUT2D eigenvalue weighted by Crippen LogP contribution is 2.24. The van der Waals surface area contributed by atoms with E-state index in [1.54, 1.807) is 16.0 Å². The minimum atomic E-state index is 0.343. The third-order valence-electron chi connectivity index (χ3n) is 2.00. The minimum absolute atomic E-state index is 0.343. The summed E-state index contributed by atoms with van der Waals surface area (Å²) in [5, 5.41) is 11.9. The molecular formula is C9H9N5S. The fourth-order valence-electron chi connectivity index (χ4n) is 1.40. The van der Waals surface area contributed by atoms with Crippen molar-refractivity contribution in [3.8, 4) is 11.3 Å². The summed E-state index contributed by atoms with van der Waals surface area (Å²) in [4.78, 5) is 2.75. The van der Waals surface area contributed by atoms with Gasteiger partial charge in [-0.25, -0.2) is 0 Å². The van der Waals surface area contributed by atoms with E-state index < -0.39 is 0 Å². The Morgan fingerprint density at radius 2 is 2.53 bits per heavy atom. The molecule has 5 nitrogen and oxygen atoms in total. The smallest absolute Gasteiger partial charge is 0.0964 e. The van der Waals surface area contributed by atoms with Gasteiger partial charge in [-0.1, -0.05) is 5.11 Å². The molecule has 6 heteroatoms. The summed E-state index contributed by atoms with van der Waals surface area (Å²) in [6.07, 6.45) is 1.88. The van der Waals surface area contributed by atoms with Gasteiger partial charge in [-0.05, 0) is 17.0 Å².